The number of hydrogen-bond donors (Lipinski definition) is 2. The molecule has 8 heteroatoms. The maximum Gasteiger partial charge on any atom is 0.416 e. The minimum atomic E-state index is -4.60. The molecule has 0 amide bonds. The van der Waals surface area contributed by atoms with Gasteiger partial charge in [-0.25, -0.2) is 13.1 Å². The largest absolute Gasteiger partial charge is 0.416 e. The number of sulfonamides is 1. The van der Waals surface area contributed by atoms with Crippen molar-refractivity contribution in [3.8, 4) is 0 Å². The second-order valence-corrected chi connectivity index (χ2v) is 7.26. The van der Waals surface area contributed by atoms with Crippen molar-refractivity contribution in [1.29, 1.82) is 0 Å². The molecule has 22 heavy (non-hydrogen) atoms. The average molecular weight is 339 g/mol. The highest BCUT2D eigenvalue weighted by molar-refractivity contribution is 7.89. The molecule has 0 saturated heterocycles. The normalized spacial score (nSPS) is 15.6. The first-order valence-corrected chi connectivity index (χ1v) is 8.27. The minimum Gasteiger partial charge on any atom is -0.393 e. The summed E-state index contributed by atoms with van der Waals surface area (Å²) >= 11 is 0. The number of aliphatic hydroxyl groups is 1. The van der Waals surface area contributed by atoms with E-state index in [0.29, 0.717) is 12.5 Å². The van der Waals surface area contributed by atoms with Crippen LogP contribution in [0.5, 0.6) is 0 Å². The molecule has 2 atom stereocenters. The second-order valence-electron chi connectivity index (χ2n) is 5.52. The van der Waals surface area contributed by atoms with E-state index in [1.54, 1.807) is 13.8 Å². The quantitative estimate of drug-likeness (QED) is 0.837. The summed E-state index contributed by atoms with van der Waals surface area (Å²) in [6.45, 7) is 4.81. The Morgan fingerprint density at radius 2 is 1.86 bits per heavy atom. The van der Waals surface area contributed by atoms with E-state index in [1.807, 2.05) is 0 Å². The molecule has 0 bridgehead atoms. The van der Waals surface area contributed by atoms with E-state index in [1.165, 1.54) is 6.92 Å². The number of halogens is 3. The molecule has 4 nitrogen and oxygen atoms in total. The molecule has 0 aliphatic rings. The lowest BCUT2D eigenvalue weighted by Gasteiger charge is -2.16. The van der Waals surface area contributed by atoms with E-state index in [9.17, 15) is 26.7 Å². The van der Waals surface area contributed by atoms with Crippen molar-refractivity contribution in [3.05, 3.63) is 29.3 Å². The van der Waals surface area contributed by atoms with Gasteiger partial charge in [-0.2, -0.15) is 13.2 Å². The molecule has 1 rings (SSSR count). The van der Waals surface area contributed by atoms with E-state index in [4.69, 9.17) is 0 Å². The fraction of sp³-hybridized carbons (Fsp3) is 0.571. The Morgan fingerprint density at radius 3 is 2.36 bits per heavy atom. The molecular formula is C14H20F3NO3S. The average Bonchev–Trinajstić information content (AvgIpc) is 2.34. The van der Waals surface area contributed by atoms with Gasteiger partial charge in [0.2, 0.25) is 10.0 Å². The lowest BCUT2D eigenvalue weighted by Crippen LogP contribution is -2.30. The maximum atomic E-state index is 12.7. The third-order valence-electron chi connectivity index (χ3n) is 3.17. The lowest BCUT2D eigenvalue weighted by molar-refractivity contribution is -0.137. The molecule has 0 saturated carbocycles. The summed E-state index contributed by atoms with van der Waals surface area (Å²) in [6, 6.07) is 2.62. The van der Waals surface area contributed by atoms with Crippen LogP contribution in [0.4, 0.5) is 13.2 Å². The molecule has 0 aliphatic heterocycles. The zero-order valence-electron chi connectivity index (χ0n) is 12.6. The molecule has 1 aromatic rings. The van der Waals surface area contributed by atoms with Crippen LogP contribution in [-0.2, 0) is 16.2 Å². The first-order chi connectivity index (χ1) is 9.93. The number of hydrogen-bond acceptors (Lipinski definition) is 3. The van der Waals surface area contributed by atoms with Crippen molar-refractivity contribution < 1.29 is 26.7 Å². The molecule has 0 fully saturated rings. The van der Waals surface area contributed by atoms with E-state index in [-0.39, 0.29) is 22.9 Å². The molecule has 0 aromatic heterocycles. The number of alkyl halides is 3. The van der Waals surface area contributed by atoms with Gasteiger partial charge in [-0.15, -0.1) is 0 Å². The predicted molar refractivity (Wildman–Crippen MR) is 76.8 cm³/mol. The number of rotatable bonds is 6. The van der Waals surface area contributed by atoms with Gasteiger partial charge in [-0.05, 0) is 43.9 Å². The smallest absolute Gasteiger partial charge is 0.393 e. The highest BCUT2D eigenvalue weighted by atomic mass is 32.2. The van der Waals surface area contributed by atoms with E-state index in [0.717, 1.165) is 12.1 Å². The minimum absolute atomic E-state index is 0.0446. The standard InChI is InChI=1S/C14H20F3NO3S/c1-9(6-11(3)19)8-18-22(20,21)13-7-12(14(15,16)17)5-4-10(13)2/h4-5,7,9,11,18-19H,6,8H2,1-3H3. The molecular weight excluding hydrogens is 319 g/mol. The zero-order valence-corrected chi connectivity index (χ0v) is 13.4. The number of aliphatic hydroxyl groups excluding tert-OH is 1. The first-order valence-electron chi connectivity index (χ1n) is 6.79. The Bertz CT molecular complexity index is 612. The molecule has 2 unspecified atom stereocenters. The number of benzene rings is 1. The maximum absolute atomic E-state index is 12.7. The summed E-state index contributed by atoms with van der Waals surface area (Å²) in [5.74, 6) is -0.138. The molecule has 1 aromatic carbocycles. The highest BCUT2D eigenvalue weighted by Crippen LogP contribution is 2.31. The molecule has 126 valence electrons. The third kappa shape index (κ3) is 5.26. The second kappa shape index (κ2) is 6.97. The van der Waals surface area contributed by atoms with Gasteiger partial charge in [-0.3, -0.25) is 0 Å². The van der Waals surface area contributed by atoms with E-state index < -0.39 is 27.9 Å². The Morgan fingerprint density at radius 1 is 1.27 bits per heavy atom. The Labute approximate surface area is 128 Å². The van der Waals surface area contributed by atoms with Crippen molar-refractivity contribution in [2.45, 2.75) is 44.4 Å². The van der Waals surface area contributed by atoms with Crippen LogP contribution in [0.25, 0.3) is 0 Å². The van der Waals surface area contributed by atoms with Gasteiger partial charge in [-0.1, -0.05) is 13.0 Å². The van der Waals surface area contributed by atoms with E-state index in [2.05, 4.69) is 4.72 Å². The van der Waals surface area contributed by atoms with Crippen LogP contribution < -0.4 is 4.72 Å². The Kier molecular flexibility index (Phi) is 6.00. The summed E-state index contributed by atoms with van der Waals surface area (Å²) < 4.78 is 64.8. The molecule has 0 radical (unpaired) electrons. The SMILES string of the molecule is Cc1ccc(C(F)(F)F)cc1S(=O)(=O)NCC(C)CC(C)O. The van der Waals surface area contributed by atoms with Gasteiger partial charge >= 0.3 is 6.18 Å². The van der Waals surface area contributed by atoms with Crippen LogP contribution in [0.3, 0.4) is 0 Å². The van der Waals surface area contributed by atoms with Gasteiger partial charge in [0.1, 0.15) is 0 Å². The van der Waals surface area contributed by atoms with Crippen molar-refractivity contribution in [2.75, 3.05) is 6.54 Å². The van der Waals surface area contributed by atoms with Crippen LogP contribution in [0.1, 0.15) is 31.4 Å². The van der Waals surface area contributed by atoms with Crippen LogP contribution in [0.2, 0.25) is 0 Å². The van der Waals surface area contributed by atoms with Crippen molar-refractivity contribution >= 4 is 10.0 Å². The van der Waals surface area contributed by atoms with E-state index >= 15 is 0 Å². The summed E-state index contributed by atoms with van der Waals surface area (Å²) in [5, 5.41) is 9.24. The van der Waals surface area contributed by atoms with Gasteiger partial charge in [0.05, 0.1) is 16.6 Å². The van der Waals surface area contributed by atoms with Gasteiger partial charge in [0, 0.05) is 6.54 Å². The molecule has 2 N–H and O–H groups in total. The summed E-state index contributed by atoms with van der Waals surface area (Å²) in [5.41, 5.74) is -0.765. The van der Waals surface area contributed by atoms with Gasteiger partial charge < -0.3 is 5.11 Å². The molecule has 0 aliphatic carbocycles. The molecule has 0 spiro atoms. The fourth-order valence-electron chi connectivity index (χ4n) is 2.06. The van der Waals surface area contributed by atoms with Crippen molar-refractivity contribution in [2.24, 2.45) is 5.92 Å². The molecule has 0 heterocycles. The van der Waals surface area contributed by atoms with Crippen LogP contribution >= 0.6 is 0 Å². The highest BCUT2D eigenvalue weighted by Gasteiger charge is 2.32. The summed E-state index contributed by atoms with van der Waals surface area (Å²) in [7, 11) is -4.04. The van der Waals surface area contributed by atoms with Gasteiger partial charge in [0.25, 0.3) is 0 Å². The van der Waals surface area contributed by atoms with Crippen LogP contribution in [0.15, 0.2) is 23.1 Å². The number of nitrogens with one attached hydrogen (secondary N) is 1. The summed E-state index contributed by atoms with van der Waals surface area (Å²) in [4.78, 5) is -0.383. The topological polar surface area (TPSA) is 66.4 Å². The predicted octanol–water partition coefficient (Wildman–Crippen LogP) is 2.70. The fourth-order valence-corrected chi connectivity index (χ4v) is 3.49. The first kappa shape index (κ1) is 18.9. The zero-order chi connectivity index (χ0) is 17.1. The van der Waals surface area contributed by atoms with Crippen LogP contribution in [-0.4, -0.2) is 26.2 Å². The van der Waals surface area contributed by atoms with Crippen LogP contribution in [0, 0.1) is 12.8 Å². The number of aryl methyl sites for hydroxylation is 1. The van der Waals surface area contributed by atoms with Gasteiger partial charge in [0.15, 0.2) is 0 Å². The summed E-state index contributed by atoms with van der Waals surface area (Å²) in [6.07, 6.45) is -4.78. The van der Waals surface area contributed by atoms with Crippen molar-refractivity contribution in [1.82, 2.24) is 4.72 Å². The van der Waals surface area contributed by atoms with Crippen molar-refractivity contribution in [3.63, 3.8) is 0 Å². The third-order valence-corrected chi connectivity index (χ3v) is 4.74. The lowest BCUT2D eigenvalue weighted by atomic mass is 10.1. The Balaban J connectivity index is 2.98. The monoisotopic (exact) mass is 339 g/mol. The Hall–Kier alpha value is -1.12.